The van der Waals surface area contributed by atoms with Gasteiger partial charge in [0.05, 0.1) is 16.1 Å². The largest absolute Gasteiger partial charge is 0.365 e. The molecule has 1 aliphatic heterocycles. The number of halogens is 1. The first-order valence-corrected chi connectivity index (χ1v) is 7.95. The van der Waals surface area contributed by atoms with Crippen molar-refractivity contribution in [2.45, 2.75) is 17.7 Å². The van der Waals surface area contributed by atoms with E-state index in [9.17, 15) is 8.42 Å². The first-order chi connectivity index (χ1) is 7.54. The molecule has 0 N–H and O–H groups in total. The third-order valence-corrected chi connectivity index (χ3v) is 5.51. The molecule has 1 aromatic rings. The minimum atomic E-state index is -3.02. The van der Waals surface area contributed by atoms with Crippen LogP contribution < -0.4 is 4.90 Å². The van der Waals surface area contributed by atoms with Crippen LogP contribution in [-0.2, 0) is 16.3 Å². The van der Waals surface area contributed by atoms with Crippen molar-refractivity contribution in [3.8, 4) is 0 Å². The summed E-state index contributed by atoms with van der Waals surface area (Å²) in [7, 11) is -1.06. The Kier molecular flexibility index (Phi) is 3.26. The number of alkyl halides is 1. The number of sulfone groups is 1. The van der Waals surface area contributed by atoms with Gasteiger partial charge in [-0.2, -0.15) is 0 Å². The Bertz CT molecular complexity index is 499. The molecule has 1 aliphatic rings. The number of nitrogens with zero attached hydrogens (tertiary/aromatic N) is 1. The summed E-state index contributed by atoms with van der Waals surface area (Å²) in [6.07, 6.45) is 1.59. The van der Waals surface area contributed by atoms with E-state index in [4.69, 9.17) is 0 Å². The smallest absolute Gasteiger partial charge is 0.178 e. The van der Waals surface area contributed by atoms with Crippen LogP contribution >= 0.6 is 15.9 Å². The number of fused-ring (bicyclic) bond motifs is 1. The predicted molar refractivity (Wildman–Crippen MR) is 69.0 cm³/mol. The Morgan fingerprint density at radius 2 is 2.19 bits per heavy atom. The normalized spacial score (nSPS) is 17.9. The topological polar surface area (TPSA) is 37.4 Å². The lowest BCUT2D eigenvalue weighted by atomic mass is 10.1. The first kappa shape index (κ1) is 11.9. The predicted octanol–water partition coefficient (Wildman–Crippen LogP) is 2.20. The van der Waals surface area contributed by atoms with Crippen LogP contribution in [0.4, 0.5) is 5.69 Å². The van der Waals surface area contributed by atoms with Crippen LogP contribution in [0.5, 0.6) is 0 Å². The van der Waals surface area contributed by atoms with Crippen LogP contribution in [0.1, 0.15) is 12.0 Å². The summed E-state index contributed by atoms with van der Waals surface area (Å²) in [5.74, 6) is 0.285. The fourth-order valence-electron chi connectivity index (χ4n) is 1.93. The number of benzene rings is 1. The second-order valence-electron chi connectivity index (χ2n) is 4.03. The molecular weight excluding hydrogens is 290 g/mol. The second kappa shape index (κ2) is 4.37. The lowest BCUT2D eigenvalue weighted by Gasteiger charge is -2.21. The molecule has 0 spiro atoms. The number of rotatable bonds is 2. The van der Waals surface area contributed by atoms with E-state index in [-0.39, 0.29) is 5.75 Å². The Hall–Kier alpha value is -0.550. The number of anilines is 1. The number of hydrogen-bond donors (Lipinski definition) is 0. The number of hydrogen-bond acceptors (Lipinski definition) is 3. The van der Waals surface area contributed by atoms with Gasteiger partial charge in [0.25, 0.3) is 0 Å². The lowest BCUT2D eigenvalue weighted by molar-refractivity contribution is 0.586. The molecule has 0 bridgehead atoms. The van der Waals surface area contributed by atoms with Crippen molar-refractivity contribution < 1.29 is 8.42 Å². The molecule has 0 amide bonds. The lowest BCUT2D eigenvalue weighted by Crippen LogP contribution is -2.18. The van der Waals surface area contributed by atoms with Gasteiger partial charge in [0.1, 0.15) is 0 Å². The van der Waals surface area contributed by atoms with E-state index in [0.29, 0.717) is 4.90 Å². The average molecular weight is 304 g/mol. The van der Waals surface area contributed by atoms with Gasteiger partial charge < -0.3 is 4.90 Å². The van der Waals surface area contributed by atoms with Gasteiger partial charge in [-0.15, -0.1) is 0 Å². The van der Waals surface area contributed by atoms with Gasteiger partial charge in [-0.25, -0.2) is 8.42 Å². The monoisotopic (exact) mass is 303 g/mol. The molecule has 88 valence electrons. The molecule has 0 aromatic heterocycles. The van der Waals surface area contributed by atoms with Gasteiger partial charge in [-0.1, -0.05) is 15.9 Å². The Morgan fingerprint density at radius 3 is 2.88 bits per heavy atom. The SMILES string of the molecule is CN(CBr)c1ccc2c(c1)CCCS2(=O)=O. The molecule has 0 saturated heterocycles. The summed E-state index contributed by atoms with van der Waals surface area (Å²) in [6.45, 7) is 0. The van der Waals surface area contributed by atoms with E-state index < -0.39 is 9.84 Å². The molecule has 0 aliphatic carbocycles. The highest BCUT2D eigenvalue weighted by atomic mass is 79.9. The standard InChI is InChI=1S/C11H14BrNO2S/c1-13(8-12)10-4-5-11-9(7-10)3-2-6-16(11,14)15/h4-5,7H,2-3,6,8H2,1H3. The summed E-state index contributed by atoms with van der Waals surface area (Å²) in [6, 6.07) is 5.58. The molecule has 0 atom stereocenters. The molecule has 0 fully saturated rings. The van der Waals surface area contributed by atoms with E-state index in [1.807, 2.05) is 24.1 Å². The molecule has 0 unspecified atom stereocenters. The molecule has 16 heavy (non-hydrogen) atoms. The third kappa shape index (κ3) is 2.11. The van der Waals surface area contributed by atoms with E-state index in [0.717, 1.165) is 29.5 Å². The van der Waals surface area contributed by atoms with Crippen LogP contribution in [0, 0.1) is 0 Å². The number of aryl methyl sites for hydroxylation is 1. The van der Waals surface area contributed by atoms with Crippen molar-refractivity contribution in [1.82, 2.24) is 0 Å². The highest BCUT2D eigenvalue weighted by molar-refractivity contribution is 9.09. The van der Waals surface area contributed by atoms with Crippen molar-refractivity contribution >= 4 is 31.5 Å². The van der Waals surface area contributed by atoms with Gasteiger partial charge in [0.15, 0.2) is 9.84 Å². The maximum Gasteiger partial charge on any atom is 0.178 e. The molecular formula is C11H14BrNO2S. The van der Waals surface area contributed by atoms with Crippen LogP contribution in [0.25, 0.3) is 0 Å². The highest BCUT2D eigenvalue weighted by Gasteiger charge is 2.23. The van der Waals surface area contributed by atoms with Crippen LogP contribution in [0.2, 0.25) is 0 Å². The Labute approximate surface area is 105 Å². The van der Waals surface area contributed by atoms with E-state index in [2.05, 4.69) is 15.9 Å². The second-order valence-corrected chi connectivity index (χ2v) is 6.61. The molecule has 1 aromatic carbocycles. The van der Waals surface area contributed by atoms with E-state index in [1.165, 1.54) is 0 Å². The van der Waals surface area contributed by atoms with Crippen molar-refractivity contribution in [3.63, 3.8) is 0 Å². The summed E-state index contributed by atoms with van der Waals surface area (Å²) in [5.41, 5.74) is 2.74. The van der Waals surface area contributed by atoms with Gasteiger partial charge in [-0.05, 0) is 36.6 Å². The molecule has 0 radical (unpaired) electrons. The van der Waals surface area contributed by atoms with E-state index in [1.54, 1.807) is 6.07 Å². The van der Waals surface area contributed by atoms with Crippen molar-refractivity contribution in [2.75, 3.05) is 23.2 Å². The van der Waals surface area contributed by atoms with Crippen LogP contribution in [0.15, 0.2) is 23.1 Å². The molecule has 0 saturated carbocycles. The zero-order chi connectivity index (χ0) is 11.8. The first-order valence-electron chi connectivity index (χ1n) is 5.17. The van der Waals surface area contributed by atoms with Gasteiger partial charge in [0.2, 0.25) is 0 Å². The zero-order valence-electron chi connectivity index (χ0n) is 9.11. The van der Waals surface area contributed by atoms with Gasteiger partial charge in [-0.3, -0.25) is 0 Å². The van der Waals surface area contributed by atoms with Crippen LogP contribution in [-0.4, -0.2) is 26.7 Å². The molecule has 2 rings (SSSR count). The third-order valence-electron chi connectivity index (χ3n) is 2.86. The fourth-order valence-corrected chi connectivity index (χ4v) is 3.80. The Morgan fingerprint density at radius 1 is 1.44 bits per heavy atom. The van der Waals surface area contributed by atoms with Gasteiger partial charge >= 0.3 is 0 Å². The summed E-state index contributed by atoms with van der Waals surface area (Å²) in [4.78, 5) is 2.55. The van der Waals surface area contributed by atoms with Crippen molar-refractivity contribution in [3.05, 3.63) is 23.8 Å². The van der Waals surface area contributed by atoms with Crippen LogP contribution in [0.3, 0.4) is 0 Å². The summed E-state index contributed by atoms with van der Waals surface area (Å²) < 4.78 is 23.6. The van der Waals surface area contributed by atoms with Crippen molar-refractivity contribution in [1.29, 1.82) is 0 Å². The fraction of sp³-hybridized carbons (Fsp3) is 0.455. The summed E-state index contributed by atoms with van der Waals surface area (Å²) in [5, 5.41) is 0. The molecule has 1 heterocycles. The maximum absolute atomic E-state index is 11.8. The average Bonchev–Trinajstić information content (AvgIpc) is 2.27. The van der Waals surface area contributed by atoms with Crippen molar-refractivity contribution in [2.24, 2.45) is 0 Å². The molecule has 3 nitrogen and oxygen atoms in total. The zero-order valence-corrected chi connectivity index (χ0v) is 11.5. The minimum absolute atomic E-state index is 0.285. The highest BCUT2D eigenvalue weighted by Crippen LogP contribution is 2.28. The summed E-state index contributed by atoms with van der Waals surface area (Å²) >= 11 is 3.38. The van der Waals surface area contributed by atoms with E-state index >= 15 is 0 Å². The Balaban J connectivity index is 2.48. The van der Waals surface area contributed by atoms with Gasteiger partial charge in [0, 0.05) is 12.7 Å². The molecule has 5 heteroatoms. The quantitative estimate of drug-likeness (QED) is 0.621. The minimum Gasteiger partial charge on any atom is -0.365 e. The maximum atomic E-state index is 11.8.